The van der Waals surface area contributed by atoms with E-state index in [2.05, 4.69) is 41.5 Å². The van der Waals surface area contributed by atoms with Gasteiger partial charge in [0.05, 0.1) is 0 Å². The predicted octanol–water partition coefficient (Wildman–Crippen LogP) is 3.72. The van der Waals surface area contributed by atoms with E-state index in [0.29, 0.717) is 30.1 Å². The van der Waals surface area contributed by atoms with Gasteiger partial charge in [-0.25, -0.2) is 0 Å². The van der Waals surface area contributed by atoms with Crippen molar-refractivity contribution in [3.05, 3.63) is 35.7 Å². The molecule has 0 saturated heterocycles. The molecule has 0 aliphatic carbocycles. The first-order valence-electron chi connectivity index (χ1n) is 5.94. The normalized spacial score (nSPS) is 10.9. The van der Waals surface area contributed by atoms with E-state index < -0.39 is 0 Å². The van der Waals surface area contributed by atoms with Crippen LogP contribution in [-0.4, -0.2) is 16.1 Å². The number of aromatic nitrogens is 2. The van der Waals surface area contributed by atoms with Crippen molar-refractivity contribution in [2.75, 3.05) is 11.2 Å². The minimum Gasteiger partial charge on any atom is -0.408 e. The molecule has 0 atom stereocenters. The van der Waals surface area contributed by atoms with Crippen LogP contribution in [0.1, 0.15) is 31.2 Å². The molecule has 2 aromatic rings. The van der Waals surface area contributed by atoms with Gasteiger partial charge in [0, 0.05) is 18.0 Å². The van der Waals surface area contributed by atoms with Crippen molar-refractivity contribution in [3.8, 4) is 0 Å². The molecular formula is C13H16ClN3O. The first kappa shape index (κ1) is 12.9. The van der Waals surface area contributed by atoms with E-state index in [4.69, 9.17) is 16.0 Å². The number of alkyl halides is 1. The number of nitrogens with zero attached hydrogens (tertiary/aromatic N) is 2. The lowest BCUT2D eigenvalue weighted by Crippen LogP contribution is -1.92. The Morgan fingerprint density at radius 1 is 1.22 bits per heavy atom. The molecule has 0 fully saturated rings. The Bertz CT molecular complexity index is 493. The maximum Gasteiger partial charge on any atom is 0.320 e. The van der Waals surface area contributed by atoms with Gasteiger partial charge in [-0.2, -0.15) is 0 Å². The highest BCUT2D eigenvalue weighted by Crippen LogP contribution is 2.20. The van der Waals surface area contributed by atoms with Gasteiger partial charge in [0.1, 0.15) is 0 Å². The highest BCUT2D eigenvalue weighted by Gasteiger charge is 2.06. The molecule has 0 amide bonds. The summed E-state index contributed by atoms with van der Waals surface area (Å²) in [5, 5.41) is 10.9. The van der Waals surface area contributed by atoms with Crippen LogP contribution in [0.3, 0.4) is 0 Å². The van der Waals surface area contributed by atoms with E-state index in [9.17, 15) is 0 Å². The van der Waals surface area contributed by atoms with Crippen LogP contribution < -0.4 is 5.32 Å². The number of anilines is 2. The summed E-state index contributed by atoms with van der Waals surface area (Å²) < 4.78 is 5.39. The van der Waals surface area contributed by atoms with Crippen LogP contribution in [0.15, 0.2) is 28.7 Å². The summed E-state index contributed by atoms with van der Waals surface area (Å²) in [6, 6.07) is 8.57. The van der Waals surface area contributed by atoms with Gasteiger partial charge in [0.15, 0.2) is 0 Å². The average molecular weight is 266 g/mol. The molecule has 1 aromatic heterocycles. The Labute approximate surface area is 111 Å². The van der Waals surface area contributed by atoms with Gasteiger partial charge in [0.25, 0.3) is 0 Å². The topological polar surface area (TPSA) is 51.0 Å². The summed E-state index contributed by atoms with van der Waals surface area (Å²) in [5.41, 5.74) is 2.23. The molecule has 18 heavy (non-hydrogen) atoms. The maximum atomic E-state index is 5.60. The van der Waals surface area contributed by atoms with Crippen LogP contribution in [0.5, 0.6) is 0 Å². The lowest BCUT2D eigenvalue weighted by molar-refractivity contribution is 0.516. The van der Waals surface area contributed by atoms with Crippen LogP contribution in [0.25, 0.3) is 0 Å². The average Bonchev–Trinajstić information content (AvgIpc) is 2.78. The van der Waals surface area contributed by atoms with E-state index in [1.54, 1.807) is 0 Å². The number of aryl methyl sites for hydroxylation is 1. The Morgan fingerprint density at radius 2 is 1.94 bits per heavy atom. The lowest BCUT2D eigenvalue weighted by Gasteiger charge is -2.06. The molecule has 0 aliphatic rings. The van der Waals surface area contributed by atoms with Gasteiger partial charge >= 0.3 is 6.01 Å². The molecule has 0 spiro atoms. The number of nitrogens with one attached hydrogen (secondary N) is 1. The molecule has 0 bridgehead atoms. The van der Waals surface area contributed by atoms with Gasteiger partial charge in [0.2, 0.25) is 5.89 Å². The predicted molar refractivity (Wildman–Crippen MR) is 72.5 cm³/mol. The smallest absolute Gasteiger partial charge is 0.320 e. The Hall–Kier alpha value is -1.55. The molecule has 0 saturated carbocycles. The molecule has 0 unspecified atom stereocenters. The van der Waals surface area contributed by atoms with Crippen LogP contribution >= 0.6 is 11.6 Å². The fourth-order valence-corrected chi connectivity index (χ4v) is 1.72. The molecule has 2 rings (SSSR count). The highest BCUT2D eigenvalue weighted by atomic mass is 35.5. The third kappa shape index (κ3) is 3.23. The molecule has 1 aromatic carbocycles. The van der Waals surface area contributed by atoms with Crippen molar-refractivity contribution in [2.24, 2.45) is 0 Å². The van der Waals surface area contributed by atoms with Crippen LogP contribution in [-0.2, 0) is 6.42 Å². The first-order valence-corrected chi connectivity index (χ1v) is 6.48. The van der Waals surface area contributed by atoms with Crippen LogP contribution in [0, 0.1) is 0 Å². The summed E-state index contributed by atoms with van der Waals surface area (Å²) >= 11 is 5.60. The summed E-state index contributed by atoms with van der Waals surface area (Å²) in [7, 11) is 0. The van der Waals surface area contributed by atoms with E-state index in [0.717, 1.165) is 5.69 Å². The van der Waals surface area contributed by atoms with E-state index in [-0.39, 0.29) is 0 Å². The zero-order valence-electron chi connectivity index (χ0n) is 10.5. The van der Waals surface area contributed by atoms with E-state index in [1.165, 1.54) is 5.56 Å². The second kappa shape index (κ2) is 5.87. The molecule has 1 heterocycles. The SMILES string of the molecule is CC(C)c1ccc(Nc2nnc(CCCl)o2)cc1. The molecule has 96 valence electrons. The van der Waals surface area contributed by atoms with Gasteiger partial charge < -0.3 is 9.73 Å². The summed E-state index contributed by atoms with van der Waals surface area (Å²) in [6.45, 7) is 4.33. The minimum absolute atomic E-state index is 0.396. The zero-order valence-corrected chi connectivity index (χ0v) is 11.2. The first-order chi connectivity index (χ1) is 8.69. The molecule has 0 aliphatic heterocycles. The molecule has 4 nitrogen and oxygen atoms in total. The molecule has 5 heteroatoms. The monoisotopic (exact) mass is 265 g/mol. The number of halogens is 1. The summed E-state index contributed by atoms with van der Waals surface area (Å²) in [4.78, 5) is 0. The van der Waals surface area contributed by atoms with Crippen molar-refractivity contribution in [1.82, 2.24) is 10.2 Å². The van der Waals surface area contributed by atoms with E-state index >= 15 is 0 Å². The molecular weight excluding hydrogens is 250 g/mol. The fourth-order valence-electron chi connectivity index (χ4n) is 1.56. The van der Waals surface area contributed by atoms with Gasteiger partial charge in [-0.15, -0.1) is 16.7 Å². The third-order valence-electron chi connectivity index (χ3n) is 2.60. The summed E-state index contributed by atoms with van der Waals surface area (Å²) in [6.07, 6.45) is 0.586. The Balaban J connectivity index is 2.03. The Morgan fingerprint density at radius 3 is 2.56 bits per heavy atom. The largest absolute Gasteiger partial charge is 0.408 e. The highest BCUT2D eigenvalue weighted by molar-refractivity contribution is 6.17. The van der Waals surface area contributed by atoms with E-state index in [1.807, 2.05) is 12.1 Å². The van der Waals surface area contributed by atoms with Crippen molar-refractivity contribution in [2.45, 2.75) is 26.2 Å². The van der Waals surface area contributed by atoms with Crippen molar-refractivity contribution in [1.29, 1.82) is 0 Å². The van der Waals surface area contributed by atoms with Crippen molar-refractivity contribution >= 4 is 23.3 Å². The maximum absolute atomic E-state index is 5.60. The van der Waals surface area contributed by atoms with Crippen molar-refractivity contribution < 1.29 is 4.42 Å². The zero-order chi connectivity index (χ0) is 13.0. The number of hydrogen-bond acceptors (Lipinski definition) is 4. The van der Waals surface area contributed by atoms with Crippen LogP contribution in [0.4, 0.5) is 11.7 Å². The van der Waals surface area contributed by atoms with Gasteiger partial charge in [-0.05, 0) is 23.6 Å². The van der Waals surface area contributed by atoms with Crippen LogP contribution in [0.2, 0.25) is 0 Å². The second-order valence-electron chi connectivity index (χ2n) is 4.34. The summed E-state index contributed by atoms with van der Waals surface area (Å²) in [5.74, 6) is 1.55. The lowest BCUT2D eigenvalue weighted by atomic mass is 10.0. The quantitative estimate of drug-likeness (QED) is 0.837. The molecule has 0 radical (unpaired) electrons. The van der Waals surface area contributed by atoms with Crippen molar-refractivity contribution in [3.63, 3.8) is 0 Å². The third-order valence-corrected chi connectivity index (χ3v) is 2.79. The minimum atomic E-state index is 0.396. The number of hydrogen-bond donors (Lipinski definition) is 1. The number of benzene rings is 1. The van der Waals surface area contributed by atoms with Gasteiger partial charge in [-0.3, -0.25) is 0 Å². The second-order valence-corrected chi connectivity index (χ2v) is 4.72. The number of rotatable bonds is 5. The Kier molecular flexibility index (Phi) is 4.20. The standard InChI is InChI=1S/C13H16ClN3O/c1-9(2)10-3-5-11(6-4-10)15-13-17-16-12(18-13)7-8-14/h3-6,9H,7-8H2,1-2H3,(H,15,17). The van der Waals surface area contributed by atoms with Gasteiger partial charge in [-0.1, -0.05) is 31.1 Å². The fraction of sp³-hybridized carbons (Fsp3) is 0.385. The molecule has 1 N–H and O–H groups in total.